The van der Waals surface area contributed by atoms with Gasteiger partial charge >= 0.3 is 0 Å². The van der Waals surface area contributed by atoms with E-state index in [2.05, 4.69) is 71.5 Å². The van der Waals surface area contributed by atoms with Crippen molar-refractivity contribution in [3.63, 3.8) is 0 Å². The summed E-state index contributed by atoms with van der Waals surface area (Å²) >= 11 is 0. The van der Waals surface area contributed by atoms with E-state index in [0.29, 0.717) is 0 Å². The Morgan fingerprint density at radius 1 is 0.966 bits per heavy atom. The largest absolute Gasteiger partial charge is 0.361 e. The molecule has 0 saturated heterocycles. The van der Waals surface area contributed by atoms with Crippen molar-refractivity contribution < 1.29 is 4.52 Å². The molecule has 0 aliphatic carbocycles. The Morgan fingerprint density at radius 2 is 1.69 bits per heavy atom. The van der Waals surface area contributed by atoms with Crippen molar-refractivity contribution in [3.05, 3.63) is 71.7 Å². The van der Waals surface area contributed by atoms with E-state index < -0.39 is 0 Å². The third kappa shape index (κ3) is 3.44. The highest BCUT2D eigenvalue weighted by Crippen LogP contribution is 2.35. The molecule has 2 aromatic heterocycles. The average molecular weight is 386 g/mol. The number of hydrogen-bond acceptors (Lipinski definition) is 4. The Morgan fingerprint density at radius 3 is 2.28 bits per heavy atom. The minimum Gasteiger partial charge on any atom is -0.361 e. The van der Waals surface area contributed by atoms with Gasteiger partial charge in [-0.3, -0.25) is 4.68 Å². The maximum atomic E-state index is 5.38. The van der Waals surface area contributed by atoms with Gasteiger partial charge in [-0.1, -0.05) is 29.4 Å². The molecule has 0 spiro atoms. The van der Waals surface area contributed by atoms with Gasteiger partial charge in [-0.15, -0.1) is 0 Å². The van der Waals surface area contributed by atoms with E-state index >= 15 is 0 Å². The summed E-state index contributed by atoms with van der Waals surface area (Å²) in [4.78, 5) is 2.34. The molecule has 0 bridgehead atoms. The molecule has 2 heterocycles. The van der Waals surface area contributed by atoms with Gasteiger partial charge in [0.25, 0.3) is 0 Å². The molecular weight excluding hydrogens is 360 g/mol. The zero-order valence-electron chi connectivity index (χ0n) is 17.6. The van der Waals surface area contributed by atoms with Crippen LogP contribution in [-0.4, -0.2) is 21.5 Å². The Balaban J connectivity index is 1.73. The van der Waals surface area contributed by atoms with Crippen molar-refractivity contribution >= 4 is 11.4 Å². The minimum absolute atomic E-state index is 0.848. The molecule has 0 aliphatic rings. The van der Waals surface area contributed by atoms with Crippen LogP contribution in [0.2, 0.25) is 0 Å². The van der Waals surface area contributed by atoms with E-state index in [0.717, 1.165) is 46.1 Å². The van der Waals surface area contributed by atoms with Gasteiger partial charge in [0.05, 0.1) is 11.4 Å². The molecular formula is C24H26N4O. The zero-order chi connectivity index (χ0) is 20.5. The lowest BCUT2D eigenvalue weighted by Gasteiger charge is -2.26. The van der Waals surface area contributed by atoms with E-state index in [-0.39, 0.29) is 0 Å². The molecule has 4 rings (SSSR count). The van der Waals surface area contributed by atoms with Crippen molar-refractivity contribution in [2.75, 3.05) is 11.4 Å². The highest BCUT2D eigenvalue weighted by Gasteiger charge is 2.16. The van der Waals surface area contributed by atoms with Crippen LogP contribution in [0.3, 0.4) is 0 Å². The van der Waals surface area contributed by atoms with Crippen LogP contribution in [0.5, 0.6) is 0 Å². The summed E-state index contributed by atoms with van der Waals surface area (Å²) in [6.07, 6.45) is 1.82. The number of anilines is 2. The smallest absolute Gasteiger partial charge is 0.141 e. The number of rotatable bonds is 5. The lowest BCUT2D eigenvalue weighted by atomic mass is 10.0. The number of nitrogens with zero attached hydrogens (tertiary/aromatic N) is 4. The molecule has 5 heteroatoms. The molecule has 0 amide bonds. The van der Waals surface area contributed by atoms with Gasteiger partial charge in [-0.05, 0) is 68.7 Å². The Hall–Kier alpha value is -3.34. The fourth-order valence-electron chi connectivity index (χ4n) is 3.91. The van der Waals surface area contributed by atoms with E-state index in [1.54, 1.807) is 0 Å². The predicted octanol–water partition coefficient (Wildman–Crippen LogP) is 5.83. The molecule has 0 unspecified atom stereocenters. The second-order valence-corrected chi connectivity index (χ2v) is 7.33. The summed E-state index contributed by atoms with van der Waals surface area (Å²) in [6, 6.07) is 17.2. The first-order valence-electron chi connectivity index (χ1n) is 9.89. The SMILES string of the molecule is CCN(c1ccc(-c2ccnn2C)cc1)c1cc(-c2c(C)noc2C)ccc1C. The lowest BCUT2D eigenvalue weighted by Crippen LogP contribution is -2.17. The highest BCUT2D eigenvalue weighted by molar-refractivity contribution is 5.77. The van der Waals surface area contributed by atoms with Gasteiger partial charge in [0, 0.05) is 36.7 Å². The average Bonchev–Trinajstić information content (AvgIpc) is 3.29. The predicted molar refractivity (Wildman–Crippen MR) is 117 cm³/mol. The Bertz CT molecular complexity index is 1120. The maximum Gasteiger partial charge on any atom is 0.141 e. The van der Waals surface area contributed by atoms with Gasteiger partial charge in [-0.2, -0.15) is 5.10 Å². The van der Waals surface area contributed by atoms with Gasteiger partial charge in [0.2, 0.25) is 0 Å². The first-order valence-corrected chi connectivity index (χ1v) is 9.89. The van der Waals surface area contributed by atoms with Gasteiger partial charge < -0.3 is 9.42 Å². The lowest BCUT2D eigenvalue weighted by molar-refractivity contribution is 0.393. The summed E-state index contributed by atoms with van der Waals surface area (Å²) in [5, 5.41) is 8.38. The molecule has 0 saturated carbocycles. The molecule has 29 heavy (non-hydrogen) atoms. The fourth-order valence-corrected chi connectivity index (χ4v) is 3.91. The first kappa shape index (κ1) is 19.0. The number of aryl methyl sites for hydroxylation is 4. The van der Waals surface area contributed by atoms with Crippen molar-refractivity contribution in [1.82, 2.24) is 14.9 Å². The third-order valence-corrected chi connectivity index (χ3v) is 5.43. The summed E-state index contributed by atoms with van der Waals surface area (Å²) in [5.74, 6) is 0.848. The molecule has 0 fully saturated rings. The van der Waals surface area contributed by atoms with Crippen molar-refractivity contribution in [2.45, 2.75) is 27.7 Å². The standard InChI is InChI=1S/C24H26N4O/c1-6-28(21-11-9-19(10-12-21)22-13-14-25-27(22)5)23-15-20(8-7-16(23)2)24-17(3)26-29-18(24)4/h7-15H,6H2,1-5H3. The van der Waals surface area contributed by atoms with E-state index in [4.69, 9.17) is 4.52 Å². The molecule has 5 nitrogen and oxygen atoms in total. The van der Waals surface area contributed by atoms with E-state index in [9.17, 15) is 0 Å². The molecule has 0 aliphatic heterocycles. The quantitative estimate of drug-likeness (QED) is 0.433. The van der Waals surface area contributed by atoms with Crippen LogP contribution in [0.4, 0.5) is 11.4 Å². The molecule has 2 aromatic carbocycles. The topological polar surface area (TPSA) is 47.1 Å². The monoisotopic (exact) mass is 386 g/mol. The molecule has 0 N–H and O–H groups in total. The van der Waals surface area contributed by atoms with Gasteiger partial charge in [-0.25, -0.2) is 0 Å². The van der Waals surface area contributed by atoms with Crippen molar-refractivity contribution in [3.8, 4) is 22.4 Å². The van der Waals surface area contributed by atoms with Crippen LogP contribution in [0, 0.1) is 20.8 Å². The molecule has 0 atom stereocenters. The number of benzene rings is 2. The van der Waals surface area contributed by atoms with Crippen LogP contribution in [-0.2, 0) is 7.05 Å². The fraction of sp³-hybridized carbons (Fsp3) is 0.250. The second-order valence-electron chi connectivity index (χ2n) is 7.33. The zero-order valence-corrected chi connectivity index (χ0v) is 17.6. The summed E-state index contributed by atoms with van der Waals surface area (Å²) < 4.78 is 7.27. The molecule has 148 valence electrons. The normalized spacial score (nSPS) is 11.1. The Labute approximate surface area is 171 Å². The maximum absolute atomic E-state index is 5.38. The summed E-state index contributed by atoms with van der Waals surface area (Å²) in [7, 11) is 1.96. The van der Waals surface area contributed by atoms with E-state index in [1.807, 2.05) is 37.8 Å². The van der Waals surface area contributed by atoms with Gasteiger partial charge in [0.1, 0.15) is 5.76 Å². The summed E-state index contributed by atoms with van der Waals surface area (Å²) in [5.41, 5.74) is 8.98. The Kier molecular flexibility index (Phi) is 4.97. The van der Waals surface area contributed by atoms with Gasteiger partial charge in [0.15, 0.2) is 0 Å². The van der Waals surface area contributed by atoms with Crippen LogP contribution in [0.15, 0.2) is 59.3 Å². The third-order valence-electron chi connectivity index (χ3n) is 5.43. The van der Waals surface area contributed by atoms with E-state index in [1.165, 1.54) is 11.3 Å². The van der Waals surface area contributed by atoms with Crippen LogP contribution in [0.1, 0.15) is 23.9 Å². The second kappa shape index (κ2) is 7.59. The first-order chi connectivity index (χ1) is 14.0. The van der Waals surface area contributed by atoms with Crippen molar-refractivity contribution in [1.29, 1.82) is 0 Å². The molecule has 4 aromatic rings. The van der Waals surface area contributed by atoms with Crippen LogP contribution < -0.4 is 4.90 Å². The van der Waals surface area contributed by atoms with Crippen LogP contribution in [0.25, 0.3) is 22.4 Å². The number of aromatic nitrogens is 3. The van der Waals surface area contributed by atoms with Crippen LogP contribution >= 0.6 is 0 Å². The van der Waals surface area contributed by atoms with Crippen molar-refractivity contribution in [2.24, 2.45) is 7.05 Å². The highest BCUT2D eigenvalue weighted by atomic mass is 16.5. The number of hydrogen-bond donors (Lipinski definition) is 0. The summed E-state index contributed by atoms with van der Waals surface area (Å²) in [6.45, 7) is 9.15. The minimum atomic E-state index is 0.848. The molecule has 0 radical (unpaired) electrons.